The summed E-state index contributed by atoms with van der Waals surface area (Å²) >= 11 is 1.54. The molecule has 0 fully saturated rings. The fourth-order valence-corrected chi connectivity index (χ4v) is 4.04. The number of imidazole rings is 1. The standard InChI is InChI=1S/C20H14FN3S/c1-13-10-19(25-12-14-6-2-3-7-16(14)21)24-18-9-5-4-8-17(18)23-20(24)15(13)11-22/h2-10H,12H2,1H3. The van der Waals surface area contributed by atoms with E-state index in [2.05, 4.69) is 11.1 Å². The van der Waals surface area contributed by atoms with Crippen LogP contribution < -0.4 is 0 Å². The van der Waals surface area contributed by atoms with Crippen LogP contribution in [-0.2, 0) is 5.75 Å². The van der Waals surface area contributed by atoms with Gasteiger partial charge in [-0.1, -0.05) is 30.3 Å². The van der Waals surface area contributed by atoms with Gasteiger partial charge in [0.25, 0.3) is 0 Å². The Morgan fingerprint density at radius 1 is 1.16 bits per heavy atom. The van der Waals surface area contributed by atoms with Gasteiger partial charge in [0.2, 0.25) is 0 Å². The lowest BCUT2D eigenvalue weighted by Crippen LogP contribution is -1.97. The van der Waals surface area contributed by atoms with Gasteiger partial charge in [0.1, 0.15) is 11.9 Å². The molecular weight excluding hydrogens is 333 g/mol. The zero-order valence-electron chi connectivity index (χ0n) is 13.5. The number of pyridine rings is 1. The van der Waals surface area contributed by atoms with E-state index in [0.717, 1.165) is 21.6 Å². The highest BCUT2D eigenvalue weighted by Crippen LogP contribution is 2.31. The van der Waals surface area contributed by atoms with Gasteiger partial charge in [-0.05, 0) is 42.3 Å². The number of nitrogens with zero attached hydrogens (tertiary/aromatic N) is 3. The highest BCUT2D eigenvalue weighted by atomic mass is 32.2. The lowest BCUT2D eigenvalue weighted by molar-refractivity contribution is 0.617. The Morgan fingerprint density at radius 3 is 2.72 bits per heavy atom. The third-order valence-corrected chi connectivity index (χ3v) is 5.24. The number of aryl methyl sites for hydroxylation is 1. The second-order valence-electron chi connectivity index (χ2n) is 5.79. The molecule has 0 N–H and O–H groups in total. The third kappa shape index (κ3) is 2.65. The molecule has 2 aromatic carbocycles. The molecule has 0 amide bonds. The maximum Gasteiger partial charge on any atom is 0.157 e. The van der Waals surface area contributed by atoms with Gasteiger partial charge in [-0.2, -0.15) is 5.26 Å². The minimum Gasteiger partial charge on any atom is -0.286 e. The Bertz CT molecular complexity index is 1140. The van der Waals surface area contributed by atoms with Crippen molar-refractivity contribution in [3.63, 3.8) is 0 Å². The van der Waals surface area contributed by atoms with Crippen molar-refractivity contribution in [3.8, 4) is 6.07 Å². The molecule has 3 nitrogen and oxygen atoms in total. The van der Waals surface area contributed by atoms with E-state index in [4.69, 9.17) is 0 Å². The van der Waals surface area contributed by atoms with Gasteiger partial charge in [-0.3, -0.25) is 4.40 Å². The molecule has 25 heavy (non-hydrogen) atoms. The zero-order chi connectivity index (χ0) is 17.4. The molecule has 4 rings (SSSR count). The molecule has 0 aliphatic carbocycles. The average molecular weight is 347 g/mol. The molecular formula is C20H14FN3S. The van der Waals surface area contributed by atoms with Crippen LogP contribution in [0.3, 0.4) is 0 Å². The van der Waals surface area contributed by atoms with E-state index in [1.165, 1.54) is 6.07 Å². The number of rotatable bonds is 3. The summed E-state index contributed by atoms with van der Waals surface area (Å²) in [6.45, 7) is 1.91. The molecule has 0 aliphatic heterocycles. The number of hydrogen-bond donors (Lipinski definition) is 0. The highest BCUT2D eigenvalue weighted by molar-refractivity contribution is 7.98. The first-order chi connectivity index (χ1) is 12.2. The second-order valence-corrected chi connectivity index (χ2v) is 6.79. The molecule has 0 unspecified atom stereocenters. The van der Waals surface area contributed by atoms with Crippen LogP contribution in [0, 0.1) is 24.1 Å². The monoisotopic (exact) mass is 347 g/mol. The second kappa shape index (κ2) is 6.23. The van der Waals surface area contributed by atoms with E-state index in [9.17, 15) is 9.65 Å². The van der Waals surface area contributed by atoms with Crippen molar-refractivity contribution in [1.82, 2.24) is 9.38 Å². The van der Waals surface area contributed by atoms with Gasteiger partial charge in [0.15, 0.2) is 5.65 Å². The third-order valence-electron chi connectivity index (χ3n) is 4.18. The molecule has 0 atom stereocenters. The Kier molecular flexibility index (Phi) is 3.90. The van der Waals surface area contributed by atoms with Crippen molar-refractivity contribution in [2.75, 3.05) is 0 Å². The number of aromatic nitrogens is 2. The molecule has 4 aromatic rings. The van der Waals surface area contributed by atoms with Crippen molar-refractivity contribution in [2.24, 2.45) is 0 Å². The van der Waals surface area contributed by atoms with Crippen LogP contribution in [0.5, 0.6) is 0 Å². The summed E-state index contributed by atoms with van der Waals surface area (Å²) in [4.78, 5) is 4.63. The van der Waals surface area contributed by atoms with Crippen LogP contribution >= 0.6 is 11.8 Å². The van der Waals surface area contributed by atoms with Gasteiger partial charge in [-0.15, -0.1) is 11.8 Å². The number of para-hydroxylation sites is 2. The Balaban J connectivity index is 1.89. The molecule has 0 aliphatic rings. The number of halogens is 1. The molecule has 2 heterocycles. The fraction of sp³-hybridized carbons (Fsp3) is 0.100. The summed E-state index contributed by atoms with van der Waals surface area (Å²) < 4.78 is 15.9. The fourth-order valence-electron chi connectivity index (χ4n) is 2.93. The number of nitriles is 1. The Morgan fingerprint density at radius 2 is 1.92 bits per heavy atom. The lowest BCUT2D eigenvalue weighted by atomic mass is 10.2. The molecule has 5 heteroatoms. The molecule has 122 valence electrons. The van der Waals surface area contributed by atoms with Gasteiger partial charge < -0.3 is 0 Å². The zero-order valence-corrected chi connectivity index (χ0v) is 14.3. The van der Waals surface area contributed by atoms with E-state index >= 15 is 0 Å². The van der Waals surface area contributed by atoms with Gasteiger partial charge >= 0.3 is 0 Å². The minimum atomic E-state index is -0.202. The van der Waals surface area contributed by atoms with E-state index in [0.29, 0.717) is 22.5 Å². The summed E-state index contributed by atoms with van der Waals surface area (Å²) in [6, 6.07) is 18.8. The molecule has 0 bridgehead atoms. The molecule has 0 spiro atoms. The van der Waals surface area contributed by atoms with Crippen molar-refractivity contribution >= 4 is 28.4 Å². The van der Waals surface area contributed by atoms with Crippen molar-refractivity contribution in [3.05, 3.63) is 77.1 Å². The largest absolute Gasteiger partial charge is 0.286 e. The summed E-state index contributed by atoms with van der Waals surface area (Å²) in [7, 11) is 0. The number of thioether (sulfide) groups is 1. The smallest absolute Gasteiger partial charge is 0.157 e. The van der Waals surface area contributed by atoms with Crippen molar-refractivity contribution < 1.29 is 4.39 Å². The van der Waals surface area contributed by atoms with Crippen molar-refractivity contribution in [1.29, 1.82) is 5.26 Å². The van der Waals surface area contributed by atoms with Gasteiger partial charge in [-0.25, -0.2) is 9.37 Å². The van der Waals surface area contributed by atoms with Crippen molar-refractivity contribution in [2.45, 2.75) is 17.7 Å². The summed E-state index contributed by atoms with van der Waals surface area (Å²) in [6.07, 6.45) is 0. The first kappa shape index (κ1) is 15.7. The summed E-state index contributed by atoms with van der Waals surface area (Å²) in [5.41, 5.74) is 4.56. The van der Waals surface area contributed by atoms with Crippen LogP contribution in [0.15, 0.2) is 59.6 Å². The predicted octanol–water partition coefficient (Wildman–Crippen LogP) is 5.10. The first-order valence-corrected chi connectivity index (χ1v) is 8.84. The first-order valence-electron chi connectivity index (χ1n) is 7.86. The SMILES string of the molecule is Cc1cc(SCc2ccccc2F)n2c(nc3ccccc32)c1C#N. The maximum atomic E-state index is 13.9. The minimum absolute atomic E-state index is 0.202. The van der Waals surface area contributed by atoms with Gasteiger partial charge in [0, 0.05) is 5.75 Å². The summed E-state index contributed by atoms with van der Waals surface area (Å²) in [5, 5.41) is 10.5. The van der Waals surface area contributed by atoms with Crippen LogP contribution in [0.1, 0.15) is 16.7 Å². The Hall–Kier alpha value is -2.84. The van der Waals surface area contributed by atoms with Crippen LogP contribution in [0.2, 0.25) is 0 Å². The lowest BCUT2D eigenvalue weighted by Gasteiger charge is -2.10. The van der Waals surface area contributed by atoms with E-state index in [1.54, 1.807) is 23.9 Å². The van der Waals surface area contributed by atoms with Gasteiger partial charge in [0.05, 0.1) is 21.6 Å². The normalized spacial score (nSPS) is 11.1. The van der Waals surface area contributed by atoms with Crippen LogP contribution in [0.25, 0.3) is 16.7 Å². The highest BCUT2D eigenvalue weighted by Gasteiger charge is 2.15. The Labute approximate surface area is 148 Å². The molecule has 0 saturated heterocycles. The number of hydrogen-bond acceptors (Lipinski definition) is 3. The molecule has 0 radical (unpaired) electrons. The molecule has 0 saturated carbocycles. The predicted molar refractivity (Wildman–Crippen MR) is 98.1 cm³/mol. The van der Waals surface area contributed by atoms with E-state index < -0.39 is 0 Å². The number of benzene rings is 2. The topological polar surface area (TPSA) is 41.1 Å². The molecule has 2 aromatic heterocycles. The van der Waals surface area contributed by atoms with Crippen LogP contribution in [0.4, 0.5) is 4.39 Å². The van der Waals surface area contributed by atoms with E-state index in [-0.39, 0.29) is 5.82 Å². The summed E-state index contributed by atoms with van der Waals surface area (Å²) in [5.74, 6) is 0.312. The quantitative estimate of drug-likeness (QED) is 0.484. The maximum absolute atomic E-state index is 13.9. The van der Waals surface area contributed by atoms with Crippen LogP contribution in [-0.4, -0.2) is 9.38 Å². The average Bonchev–Trinajstić information content (AvgIpc) is 3.00. The van der Waals surface area contributed by atoms with E-state index in [1.807, 2.05) is 47.7 Å². The number of fused-ring (bicyclic) bond motifs is 3.